The predicted octanol–water partition coefficient (Wildman–Crippen LogP) is 3.95. The van der Waals surface area contributed by atoms with Crippen LogP contribution < -0.4 is 5.32 Å². The lowest BCUT2D eigenvalue weighted by Crippen LogP contribution is -2.41. The molecule has 0 radical (unpaired) electrons. The van der Waals surface area contributed by atoms with Crippen molar-refractivity contribution in [1.29, 1.82) is 0 Å². The van der Waals surface area contributed by atoms with Crippen molar-refractivity contribution in [1.82, 2.24) is 9.88 Å². The van der Waals surface area contributed by atoms with E-state index >= 15 is 0 Å². The van der Waals surface area contributed by atoms with E-state index in [0.29, 0.717) is 31.7 Å². The van der Waals surface area contributed by atoms with Gasteiger partial charge >= 0.3 is 0 Å². The average molecular weight is 416 g/mol. The highest BCUT2D eigenvalue weighted by atomic mass is 79.9. The number of nitrogens with one attached hydrogen (secondary N) is 1. The predicted molar refractivity (Wildman–Crippen MR) is 105 cm³/mol. The molecule has 0 atom stereocenters. The summed E-state index contributed by atoms with van der Waals surface area (Å²) in [5, 5.41) is 2.87. The highest BCUT2D eigenvalue weighted by Crippen LogP contribution is 2.23. The van der Waals surface area contributed by atoms with Crippen LogP contribution in [0.15, 0.2) is 41.0 Å². The van der Waals surface area contributed by atoms with Crippen molar-refractivity contribution in [2.45, 2.75) is 26.7 Å². The van der Waals surface area contributed by atoms with Crippen molar-refractivity contribution in [2.24, 2.45) is 5.92 Å². The summed E-state index contributed by atoms with van der Waals surface area (Å²) in [6.45, 7) is 5.08. The van der Waals surface area contributed by atoms with Gasteiger partial charge in [-0.15, -0.1) is 0 Å². The molecule has 0 spiro atoms. The minimum absolute atomic E-state index is 0.0201. The number of pyridine rings is 1. The smallest absolute Gasteiger partial charge is 0.254 e. The number of hydrogen-bond acceptors (Lipinski definition) is 3. The summed E-state index contributed by atoms with van der Waals surface area (Å²) < 4.78 is 0.964. The Kier molecular flexibility index (Phi) is 5.71. The topological polar surface area (TPSA) is 62.3 Å². The Bertz CT molecular complexity index is 812. The van der Waals surface area contributed by atoms with Gasteiger partial charge in [-0.1, -0.05) is 22.0 Å². The summed E-state index contributed by atoms with van der Waals surface area (Å²) in [5.41, 5.74) is 2.73. The lowest BCUT2D eigenvalue weighted by Gasteiger charge is -2.31. The molecule has 2 aromatic rings. The molecule has 1 N–H and O–H groups in total. The van der Waals surface area contributed by atoms with Gasteiger partial charge in [0.15, 0.2) is 0 Å². The Balaban J connectivity index is 1.57. The maximum absolute atomic E-state index is 12.7. The minimum Gasteiger partial charge on any atom is -0.339 e. The molecule has 3 rings (SSSR count). The maximum Gasteiger partial charge on any atom is 0.254 e. The number of carbonyl (C=O) groups is 2. The molecule has 1 fully saturated rings. The van der Waals surface area contributed by atoms with Crippen LogP contribution >= 0.6 is 15.9 Å². The van der Waals surface area contributed by atoms with Gasteiger partial charge in [0.2, 0.25) is 5.91 Å². The number of rotatable bonds is 3. The van der Waals surface area contributed by atoms with Crippen LogP contribution in [0.1, 0.15) is 34.3 Å². The van der Waals surface area contributed by atoms with Crippen LogP contribution in [0.2, 0.25) is 0 Å². The molecule has 1 aliphatic heterocycles. The molecule has 0 unspecified atom stereocenters. The summed E-state index contributed by atoms with van der Waals surface area (Å²) in [4.78, 5) is 31.2. The highest BCUT2D eigenvalue weighted by Gasteiger charge is 2.28. The van der Waals surface area contributed by atoms with Crippen molar-refractivity contribution in [3.63, 3.8) is 0 Å². The number of nitrogens with zero attached hydrogens (tertiary/aromatic N) is 2. The van der Waals surface area contributed by atoms with E-state index in [1.807, 2.05) is 49.1 Å². The second-order valence-electron chi connectivity index (χ2n) is 6.74. The largest absolute Gasteiger partial charge is 0.339 e. The van der Waals surface area contributed by atoms with E-state index in [2.05, 4.69) is 26.2 Å². The van der Waals surface area contributed by atoms with Crippen molar-refractivity contribution in [3.05, 3.63) is 57.7 Å². The Morgan fingerprint density at radius 1 is 1.15 bits per heavy atom. The van der Waals surface area contributed by atoms with Gasteiger partial charge in [0.1, 0.15) is 5.82 Å². The molecule has 0 aliphatic carbocycles. The third-order valence-corrected chi connectivity index (χ3v) is 5.23. The summed E-state index contributed by atoms with van der Waals surface area (Å²) >= 11 is 3.42. The molecule has 2 amide bonds. The Labute approximate surface area is 161 Å². The van der Waals surface area contributed by atoms with Gasteiger partial charge in [0.05, 0.1) is 0 Å². The first kappa shape index (κ1) is 18.6. The molecule has 6 heteroatoms. The van der Waals surface area contributed by atoms with Gasteiger partial charge in [-0.25, -0.2) is 4.98 Å². The molecule has 0 bridgehead atoms. The molecular formula is C20H22BrN3O2. The van der Waals surface area contributed by atoms with Crippen molar-refractivity contribution in [3.8, 4) is 0 Å². The van der Waals surface area contributed by atoms with Crippen molar-refractivity contribution >= 4 is 33.6 Å². The molecule has 1 saturated heterocycles. The van der Waals surface area contributed by atoms with Gasteiger partial charge in [0.25, 0.3) is 5.91 Å². The first-order valence-electron chi connectivity index (χ1n) is 8.73. The zero-order chi connectivity index (χ0) is 18.7. The van der Waals surface area contributed by atoms with E-state index < -0.39 is 0 Å². The summed E-state index contributed by atoms with van der Waals surface area (Å²) in [6.07, 6.45) is 3.06. The molecular weight excluding hydrogens is 394 g/mol. The van der Waals surface area contributed by atoms with E-state index in [4.69, 9.17) is 0 Å². The number of aryl methyl sites for hydroxylation is 2. The van der Waals surface area contributed by atoms with Gasteiger partial charge < -0.3 is 10.2 Å². The van der Waals surface area contributed by atoms with Crippen LogP contribution in [0.25, 0.3) is 0 Å². The summed E-state index contributed by atoms with van der Waals surface area (Å²) in [6, 6.07) is 9.41. The summed E-state index contributed by atoms with van der Waals surface area (Å²) in [7, 11) is 0. The molecule has 1 aliphatic rings. The monoisotopic (exact) mass is 415 g/mol. The average Bonchev–Trinajstić information content (AvgIpc) is 2.63. The maximum atomic E-state index is 12.7. The van der Waals surface area contributed by atoms with E-state index in [-0.39, 0.29) is 17.7 Å². The fourth-order valence-corrected chi connectivity index (χ4v) is 3.63. The van der Waals surface area contributed by atoms with Crippen LogP contribution in [0.4, 0.5) is 5.82 Å². The quantitative estimate of drug-likeness (QED) is 0.824. The molecule has 26 heavy (non-hydrogen) atoms. The number of piperidine rings is 1. The number of benzene rings is 1. The van der Waals surface area contributed by atoms with Crippen LogP contribution in [0, 0.1) is 19.8 Å². The number of likely N-dealkylation sites (tertiary alicyclic amines) is 1. The van der Waals surface area contributed by atoms with Gasteiger partial charge in [0, 0.05) is 35.2 Å². The normalized spacial score (nSPS) is 15.0. The number of anilines is 1. The molecule has 1 aromatic heterocycles. The zero-order valence-electron chi connectivity index (χ0n) is 15.0. The van der Waals surface area contributed by atoms with E-state index in [9.17, 15) is 9.59 Å². The standard InChI is InChI=1S/C20H22BrN3O2/c1-13-3-6-18(22-12-13)23-19(25)15-7-9-24(10-8-15)20(26)17-5-4-16(21)11-14(17)2/h3-6,11-12,15H,7-10H2,1-2H3,(H,22,23,25). The Morgan fingerprint density at radius 3 is 2.50 bits per heavy atom. The van der Waals surface area contributed by atoms with E-state index in [1.165, 1.54) is 0 Å². The Morgan fingerprint density at radius 2 is 1.88 bits per heavy atom. The number of amides is 2. The zero-order valence-corrected chi connectivity index (χ0v) is 16.5. The van der Waals surface area contributed by atoms with Crippen molar-refractivity contribution in [2.75, 3.05) is 18.4 Å². The lowest BCUT2D eigenvalue weighted by molar-refractivity contribution is -0.121. The van der Waals surface area contributed by atoms with E-state index in [1.54, 1.807) is 6.20 Å². The number of aromatic nitrogens is 1. The third-order valence-electron chi connectivity index (χ3n) is 4.73. The minimum atomic E-state index is -0.0897. The SMILES string of the molecule is Cc1ccc(NC(=O)C2CCN(C(=O)c3ccc(Br)cc3C)CC2)nc1. The fraction of sp³-hybridized carbons (Fsp3) is 0.350. The second-order valence-corrected chi connectivity index (χ2v) is 7.65. The molecule has 0 saturated carbocycles. The van der Waals surface area contributed by atoms with Crippen LogP contribution in [-0.4, -0.2) is 34.8 Å². The second kappa shape index (κ2) is 7.99. The summed E-state index contributed by atoms with van der Waals surface area (Å²) in [5.74, 6) is 0.500. The first-order chi connectivity index (χ1) is 12.4. The molecule has 5 nitrogen and oxygen atoms in total. The first-order valence-corrected chi connectivity index (χ1v) is 9.52. The number of halogens is 1. The Hall–Kier alpha value is -2.21. The van der Waals surface area contributed by atoms with Crippen molar-refractivity contribution < 1.29 is 9.59 Å². The molecule has 136 valence electrons. The van der Waals surface area contributed by atoms with Gasteiger partial charge in [-0.05, 0) is 62.1 Å². The number of carbonyl (C=O) groups excluding carboxylic acids is 2. The fourth-order valence-electron chi connectivity index (χ4n) is 3.15. The van der Waals surface area contributed by atoms with Crippen LogP contribution in [0.5, 0.6) is 0 Å². The van der Waals surface area contributed by atoms with Crippen LogP contribution in [0.3, 0.4) is 0 Å². The van der Waals surface area contributed by atoms with Gasteiger partial charge in [-0.2, -0.15) is 0 Å². The number of hydrogen-bond donors (Lipinski definition) is 1. The van der Waals surface area contributed by atoms with Crippen LogP contribution in [-0.2, 0) is 4.79 Å². The molecule has 2 heterocycles. The third kappa shape index (κ3) is 4.30. The molecule has 1 aromatic carbocycles. The lowest BCUT2D eigenvalue weighted by atomic mass is 9.95. The van der Waals surface area contributed by atoms with Gasteiger partial charge in [-0.3, -0.25) is 9.59 Å². The van der Waals surface area contributed by atoms with E-state index in [0.717, 1.165) is 21.2 Å². The highest BCUT2D eigenvalue weighted by molar-refractivity contribution is 9.10.